The van der Waals surface area contributed by atoms with Gasteiger partial charge in [-0.15, -0.1) is 0 Å². The summed E-state index contributed by atoms with van der Waals surface area (Å²) < 4.78 is 0. The Morgan fingerprint density at radius 2 is 1.79 bits per heavy atom. The third-order valence-corrected chi connectivity index (χ3v) is 4.97. The fourth-order valence-corrected chi connectivity index (χ4v) is 3.94. The van der Waals surface area contributed by atoms with E-state index in [0.29, 0.717) is 17.8 Å². The van der Waals surface area contributed by atoms with Gasteiger partial charge in [-0.3, -0.25) is 0 Å². The van der Waals surface area contributed by atoms with Crippen LogP contribution < -0.4 is 0 Å². The van der Waals surface area contributed by atoms with Crippen molar-refractivity contribution in [3.8, 4) is 0 Å². The molecule has 0 nitrogen and oxygen atoms in total. The minimum Gasteiger partial charge on any atom is -0.0837 e. The normalized spacial score (nSPS) is 28.9. The second-order valence-electron chi connectivity index (χ2n) is 6.42. The highest BCUT2D eigenvalue weighted by atomic mass is 14.4. The van der Waals surface area contributed by atoms with Gasteiger partial charge >= 0.3 is 0 Å². The molecule has 3 aliphatic rings. The molecule has 0 aliphatic heterocycles. The first kappa shape index (κ1) is 20.7. The van der Waals surface area contributed by atoms with Gasteiger partial charge in [0.25, 0.3) is 0 Å². The van der Waals surface area contributed by atoms with Crippen LogP contribution in [0.3, 0.4) is 0 Å². The lowest BCUT2D eigenvalue weighted by Crippen LogP contribution is -2.17. The minimum absolute atomic E-state index is 0.619. The first-order valence-electron chi connectivity index (χ1n) is 10.3. The number of allylic oxidation sites excluding steroid dienone is 10. The average Bonchev–Trinajstić information content (AvgIpc) is 2.81. The van der Waals surface area contributed by atoms with Gasteiger partial charge in [0, 0.05) is 5.92 Å². The molecule has 0 saturated carbocycles. The lowest BCUT2D eigenvalue weighted by molar-refractivity contribution is 0.501. The smallest absolute Gasteiger partial charge is 0.00839 e. The second-order valence-corrected chi connectivity index (χ2v) is 6.42. The monoisotopic (exact) mass is 326 g/mol. The van der Waals surface area contributed by atoms with E-state index in [2.05, 4.69) is 56.4 Å². The zero-order valence-corrected chi connectivity index (χ0v) is 16.8. The van der Waals surface area contributed by atoms with Gasteiger partial charge in [-0.25, -0.2) is 0 Å². The maximum atomic E-state index is 2.54. The van der Waals surface area contributed by atoms with Crippen LogP contribution >= 0.6 is 0 Å². The maximum absolute atomic E-state index is 2.54. The first-order valence-corrected chi connectivity index (χ1v) is 10.3. The van der Waals surface area contributed by atoms with Crippen molar-refractivity contribution in [3.05, 3.63) is 59.3 Å². The molecule has 3 rings (SSSR count). The highest BCUT2D eigenvalue weighted by Crippen LogP contribution is 2.45. The van der Waals surface area contributed by atoms with Crippen molar-refractivity contribution >= 4 is 0 Å². The SMILES string of the molecule is CC.CC.CCC/C=C1\C2=C(C=CCC2C)CCC2C=CC=CC12. The third-order valence-electron chi connectivity index (χ3n) is 4.97. The van der Waals surface area contributed by atoms with E-state index >= 15 is 0 Å². The van der Waals surface area contributed by atoms with Gasteiger partial charge in [-0.2, -0.15) is 0 Å². The molecule has 0 N–H and O–H groups in total. The Bertz CT molecular complexity index is 510. The summed E-state index contributed by atoms with van der Waals surface area (Å²) in [4.78, 5) is 0. The van der Waals surface area contributed by atoms with Crippen LogP contribution in [0.1, 0.15) is 73.6 Å². The molecule has 3 atom stereocenters. The van der Waals surface area contributed by atoms with Crippen LogP contribution in [0.2, 0.25) is 0 Å². The standard InChI is InChI=1S/C20H26.2C2H6/c1-3-4-11-19-18-12-6-5-9-16(18)13-14-17-10-7-8-15(2)20(17)19;2*1-2/h5-7,9-12,15-16,18H,3-4,8,13-14H2,1-2H3;2*1-2H3/b19-11-;;. The first-order chi connectivity index (χ1) is 11.8. The average molecular weight is 327 g/mol. The molecule has 3 aliphatic carbocycles. The topological polar surface area (TPSA) is 0 Å². The van der Waals surface area contributed by atoms with Crippen molar-refractivity contribution in [2.24, 2.45) is 17.8 Å². The number of hydrogen-bond donors (Lipinski definition) is 0. The highest BCUT2D eigenvalue weighted by molar-refractivity contribution is 5.49. The van der Waals surface area contributed by atoms with E-state index < -0.39 is 0 Å². The van der Waals surface area contributed by atoms with Crippen LogP contribution in [0.25, 0.3) is 0 Å². The summed E-state index contributed by atoms with van der Waals surface area (Å²) >= 11 is 0. The molecule has 0 fully saturated rings. The summed E-state index contributed by atoms with van der Waals surface area (Å²) in [5.74, 6) is 2.01. The highest BCUT2D eigenvalue weighted by Gasteiger charge is 2.31. The third kappa shape index (κ3) is 4.85. The molecule has 0 saturated heterocycles. The van der Waals surface area contributed by atoms with E-state index in [1.165, 1.54) is 32.1 Å². The van der Waals surface area contributed by atoms with E-state index in [4.69, 9.17) is 0 Å². The minimum atomic E-state index is 0.619. The van der Waals surface area contributed by atoms with Crippen LogP contribution in [-0.4, -0.2) is 0 Å². The molecule has 0 radical (unpaired) electrons. The Labute approximate surface area is 151 Å². The number of unbranched alkanes of at least 4 members (excludes halogenated alkanes) is 1. The molecule has 134 valence electrons. The molecule has 0 amide bonds. The molecular formula is C24H38. The molecule has 0 spiro atoms. The Balaban J connectivity index is 0.000000671. The maximum Gasteiger partial charge on any atom is 0.00839 e. The summed E-state index contributed by atoms with van der Waals surface area (Å²) in [7, 11) is 0. The fourth-order valence-electron chi connectivity index (χ4n) is 3.94. The summed E-state index contributed by atoms with van der Waals surface area (Å²) in [6.45, 7) is 12.7. The summed E-state index contributed by atoms with van der Waals surface area (Å²) in [6.07, 6.45) is 22.9. The van der Waals surface area contributed by atoms with Crippen molar-refractivity contribution in [3.63, 3.8) is 0 Å². The van der Waals surface area contributed by atoms with Gasteiger partial charge in [0.15, 0.2) is 0 Å². The number of rotatable bonds is 2. The zero-order chi connectivity index (χ0) is 17.9. The van der Waals surface area contributed by atoms with Gasteiger partial charge < -0.3 is 0 Å². The van der Waals surface area contributed by atoms with Crippen molar-refractivity contribution in [1.82, 2.24) is 0 Å². The molecule has 0 aromatic rings. The van der Waals surface area contributed by atoms with E-state index in [-0.39, 0.29) is 0 Å². The Morgan fingerprint density at radius 3 is 2.50 bits per heavy atom. The molecule has 0 heteroatoms. The lowest BCUT2D eigenvalue weighted by atomic mass is 9.75. The van der Waals surface area contributed by atoms with Crippen LogP contribution in [-0.2, 0) is 0 Å². The summed E-state index contributed by atoms with van der Waals surface area (Å²) in [6, 6.07) is 0. The van der Waals surface area contributed by atoms with Gasteiger partial charge in [-0.1, -0.05) is 90.5 Å². The zero-order valence-electron chi connectivity index (χ0n) is 16.8. The van der Waals surface area contributed by atoms with E-state index in [1.807, 2.05) is 27.7 Å². The molecule has 0 aromatic heterocycles. The van der Waals surface area contributed by atoms with E-state index in [0.717, 1.165) is 0 Å². The summed E-state index contributed by atoms with van der Waals surface area (Å²) in [5.41, 5.74) is 4.93. The van der Waals surface area contributed by atoms with Crippen LogP contribution in [0, 0.1) is 17.8 Å². The Kier molecular flexibility index (Phi) is 9.76. The van der Waals surface area contributed by atoms with Gasteiger partial charge in [0.05, 0.1) is 0 Å². The van der Waals surface area contributed by atoms with Gasteiger partial charge in [0.1, 0.15) is 0 Å². The predicted octanol–water partition coefficient (Wildman–Crippen LogP) is 7.81. The summed E-state index contributed by atoms with van der Waals surface area (Å²) in [5, 5.41) is 0. The second kappa shape index (κ2) is 11.3. The van der Waals surface area contributed by atoms with Crippen molar-refractivity contribution < 1.29 is 0 Å². The number of fused-ring (bicyclic) bond motifs is 1. The van der Waals surface area contributed by atoms with Gasteiger partial charge in [0.2, 0.25) is 0 Å². The van der Waals surface area contributed by atoms with E-state index in [9.17, 15) is 0 Å². The molecule has 3 unspecified atom stereocenters. The molecular weight excluding hydrogens is 288 g/mol. The predicted molar refractivity (Wildman–Crippen MR) is 110 cm³/mol. The van der Waals surface area contributed by atoms with Crippen LogP contribution in [0.5, 0.6) is 0 Å². The fraction of sp³-hybridized carbons (Fsp3) is 0.583. The molecule has 0 aromatic carbocycles. The number of hydrogen-bond acceptors (Lipinski definition) is 0. The van der Waals surface area contributed by atoms with Crippen molar-refractivity contribution in [2.75, 3.05) is 0 Å². The quantitative estimate of drug-likeness (QED) is 0.485. The lowest BCUT2D eigenvalue weighted by Gasteiger charge is -2.29. The molecule has 0 bridgehead atoms. The van der Waals surface area contributed by atoms with Crippen LogP contribution in [0.4, 0.5) is 0 Å². The van der Waals surface area contributed by atoms with Crippen LogP contribution in [0.15, 0.2) is 59.3 Å². The Morgan fingerprint density at radius 1 is 1.08 bits per heavy atom. The van der Waals surface area contributed by atoms with E-state index in [1.54, 1.807) is 16.7 Å². The van der Waals surface area contributed by atoms with Crippen molar-refractivity contribution in [1.29, 1.82) is 0 Å². The largest absolute Gasteiger partial charge is 0.0837 e. The molecule has 0 heterocycles. The molecule has 24 heavy (non-hydrogen) atoms. The van der Waals surface area contributed by atoms with Crippen molar-refractivity contribution in [2.45, 2.75) is 73.6 Å². The Hall–Kier alpha value is -1.30. The van der Waals surface area contributed by atoms with Gasteiger partial charge in [-0.05, 0) is 54.2 Å².